The molecule has 1 amide bonds. The zero-order chi connectivity index (χ0) is 19.3. The van der Waals surface area contributed by atoms with Gasteiger partial charge in [-0.1, -0.05) is 0 Å². The molecule has 1 aliphatic heterocycles. The topological polar surface area (TPSA) is 113 Å². The van der Waals surface area contributed by atoms with Crippen LogP contribution in [0.15, 0.2) is 23.1 Å². The second-order valence-electron chi connectivity index (χ2n) is 5.59. The molecule has 1 aromatic carbocycles. The molecule has 26 heavy (non-hydrogen) atoms. The number of likely N-dealkylation sites (N-methyl/N-ethyl adjacent to an activating group) is 1. The van der Waals surface area contributed by atoms with Crippen LogP contribution >= 0.6 is 0 Å². The van der Waals surface area contributed by atoms with E-state index in [-0.39, 0.29) is 35.8 Å². The smallest absolute Gasteiger partial charge is 0.323 e. The van der Waals surface area contributed by atoms with Crippen LogP contribution in [0.25, 0.3) is 0 Å². The number of carbonyl (C=O) groups excluding carboxylic acids is 1. The number of hydrogen-bond donors (Lipinski definition) is 1. The molecule has 0 unspecified atom stereocenters. The Hall–Kier alpha value is -2.17. The van der Waals surface area contributed by atoms with Crippen LogP contribution in [0.4, 0.5) is 0 Å². The zero-order valence-corrected chi connectivity index (χ0v) is 15.5. The molecule has 0 atom stereocenters. The molecule has 9 nitrogen and oxygen atoms in total. The van der Waals surface area contributed by atoms with E-state index in [1.165, 1.54) is 29.6 Å². The van der Waals surface area contributed by atoms with E-state index in [1.54, 1.807) is 6.92 Å². The number of aliphatic carboxylic acids is 1. The maximum Gasteiger partial charge on any atom is 0.323 e. The van der Waals surface area contributed by atoms with Crippen molar-refractivity contribution >= 4 is 21.9 Å². The molecule has 0 radical (unpaired) electrons. The molecule has 1 aliphatic rings. The van der Waals surface area contributed by atoms with E-state index in [4.69, 9.17) is 14.6 Å². The van der Waals surface area contributed by atoms with Gasteiger partial charge in [-0.3, -0.25) is 9.59 Å². The van der Waals surface area contributed by atoms with Crippen molar-refractivity contribution in [2.75, 3.05) is 46.5 Å². The Balaban J connectivity index is 2.41. The second-order valence-corrected chi connectivity index (χ2v) is 7.53. The lowest BCUT2D eigenvalue weighted by Gasteiger charge is -2.26. The van der Waals surface area contributed by atoms with Crippen LogP contribution in [-0.4, -0.2) is 81.1 Å². The Morgan fingerprint density at radius 2 is 1.96 bits per heavy atom. The average molecular weight is 386 g/mol. The van der Waals surface area contributed by atoms with Gasteiger partial charge in [-0.25, -0.2) is 8.42 Å². The van der Waals surface area contributed by atoms with E-state index in [2.05, 4.69) is 0 Å². The number of amides is 1. The first-order valence-electron chi connectivity index (χ1n) is 8.08. The summed E-state index contributed by atoms with van der Waals surface area (Å²) in [4.78, 5) is 24.7. The summed E-state index contributed by atoms with van der Waals surface area (Å²) >= 11 is 0. The highest BCUT2D eigenvalue weighted by Crippen LogP contribution is 2.26. The van der Waals surface area contributed by atoms with Gasteiger partial charge in [0.05, 0.1) is 30.8 Å². The van der Waals surface area contributed by atoms with Gasteiger partial charge in [-0.15, -0.1) is 0 Å². The molecule has 0 bridgehead atoms. The number of carboxylic acid groups (broad SMARTS) is 1. The van der Waals surface area contributed by atoms with Crippen molar-refractivity contribution in [2.45, 2.75) is 11.8 Å². The van der Waals surface area contributed by atoms with E-state index in [9.17, 15) is 18.0 Å². The highest BCUT2D eigenvalue weighted by molar-refractivity contribution is 7.89. The van der Waals surface area contributed by atoms with Crippen LogP contribution in [0.3, 0.4) is 0 Å². The standard InChI is InChI=1S/C16H22N2O7S/c1-3-17(11-15(19)20)16(21)13-10-12(4-5-14(13)24-2)26(22,23)18-6-8-25-9-7-18/h4-5,10H,3,6-9,11H2,1-2H3,(H,19,20). The normalized spacial score (nSPS) is 15.5. The lowest BCUT2D eigenvalue weighted by atomic mass is 10.1. The van der Waals surface area contributed by atoms with Gasteiger partial charge in [0.2, 0.25) is 10.0 Å². The van der Waals surface area contributed by atoms with Crippen LogP contribution in [0.2, 0.25) is 0 Å². The number of rotatable bonds is 7. The van der Waals surface area contributed by atoms with E-state index < -0.39 is 28.4 Å². The summed E-state index contributed by atoms with van der Waals surface area (Å²) in [5.41, 5.74) is 0.00457. The van der Waals surface area contributed by atoms with Crippen LogP contribution in [0.5, 0.6) is 5.75 Å². The van der Waals surface area contributed by atoms with Crippen molar-refractivity contribution in [3.63, 3.8) is 0 Å². The molecule has 0 spiro atoms. The highest BCUT2D eigenvalue weighted by atomic mass is 32.2. The van der Waals surface area contributed by atoms with Crippen molar-refractivity contribution < 1.29 is 32.6 Å². The fraction of sp³-hybridized carbons (Fsp3) is 0.500. The molecule has 0 aromatic heterocycles. The van der Waals surface area contributed by atoms with Crippen molar-refractivity contribution in [3.05, 3.63) is 23.8 Å². The van der Waals surface area contributed by atoms with Gasteiger partial charge in [-0.2, -0.15) is 4.31 Å². The number of carbonyl (C=O) groups is 2. The quantitative estimate of drug-likeness (QED) is 0.715. The molecule has 1 heterocycles. The molecule has 10 heteroatoms. The largest absolute Gasteiger partial charge is 0.496 e. The van der Waals surface area contributed by atoms with Gasteiger partial charge in [0.25, 0.3) is 5.91 Å². The Bertz CT molecular complexity index is 773. The Kier molecular flexibility index (Phi) is 6.57. The van der Waals surface area contributed by atoms with Crippen molar-refractivity contribution in [1.82, 2.24) is 9.21 Å². The SMILES string of the molecule is CCN(CC(=O)O)C(=O)c1cc(S(=O)(=O)N2CCOCC2)ccc1OC. The molecule has 0 aliphatic carbocycles. The van der Waals surface area contributed by atoms with Crippen LogP contribution in [0, 0.1) is 0 Å². The summed E-state index contributed by atoms with van der Waals surface area (Å²) in [7, 11) is -2.43. The average Bonchev–Trinajstić information content (AvgIpc) is 2.65. The number of nitrogens with zero attached hydrogens (tertiary/aromatic N) is 2. The minimum atomic E-state index is -3.79. The molecular weight excluding hydrogens is 364 g/mol. The third-order valence-electron chi connectivity index (χ3n) is 4.00. The number of sulfonamides is 1. The number of hydrogen-bond acceptors (Lipinski definition) is 6. The minimum Gasteiger partial charge on any atom is -0.496 e. The summed E-state index contributed by atoms with van der Waals surface area (Å²) in [5.74, 6) is -1.58. The first-order valence-corrected chi connectivity index (χ1v) is 9.52. The van der Waals surface area contributed by atoms with E-state index in [1.807, 2.05) is 0 Å². The first-order chi connectivity index (χ1) is 12.3. The number of methoxy groups -OCH3 is 1. The van der Waals surface area contributed by atoms with Gasteiger partial charge in [0.15, 0.2) is 0 Å². The first kappa shape index (κ1) is 20.1. The Labute approximate surface area is 152 Å². The Morgan fingerprint density at radius 1 is 1.31 bits per heavy atom. The fourth-order valence-electron chi connectivity index (χ4n) is 2.61. The lowest BCUT2D eigenvalue weighted by Crippen LogP contribution is -2.40. The maximum absolute atomic E-state index is 12.8. The van der Waals surface area contributed by atoms with Crippen LogP contribution in [0.1, 0.15) is 17.3 Å². The van der Waals surface area contributed by atoms with Gasteiger partial charge in [0, 0.05) is 19.6 Å². The maximum atomic E-state index is 12.8. The summed E-state index contributed by atoms with van der Waals surface area (Å²) in [6.45, 7) is 2.40. The van der Waals surface area contributed by atoms with Gasteiger partial charge < -0.3 is 19.5 Å². The van der Waals surface area contributed by atoms with E-state index in [0.717, 1.165) is 4.90 Å². The molecule has 2 rings (SSSR count). The molecule has 1 fully saturated rings. The van der Waals surface area contributed by atoms with E-state index in [0.29, 0.717) is 13.2 Å². The zero-order valence-electron chi connectivity index (χ0n) is 14.7. The third-order valence-corrected chi connectivity index (χ3v) is 5.90. The Morgan fingerprint density at radius 3 is 2.50 bits per heavy atom. The van der Waals surface area contributed by atoms with Crippen LogP contribution in [-0.2, 0) is 19.6 Å². The minimum absolute atomic E-state index is 0.00457. The van der Waals surface area contributed by atoms with Crippen molar-refractivity contribution in [3.8, 4) is 5.75 Å². The number of benzene rings is 1. The summed E-state index contributed by atoms with van der Waals surface area (Å²) in [6, 6.07) is 4.00. The number of carboxylic acids is 1. The van der Waals surface area contributed by atoms with Gasteiger partial charge in [0.1, 0.15) is 12.3 Å². The summed E-state index contributed by atoms with van der Waals surface area (Å²) in [5, 5.41) is 8.95. The molecule has 1 saturated heterocycles. The third kappa shape index (κ3) is 4.32. The van der Waals surface area contributed by atoms with Crippen LogP contribution < -0.4 is 4.74 Å². The molecule has 144 valence electrons. The molecular formula is C16H22N2O7S. The predicted molar refractivity (Wildman–Crippen MR) is 91.8 cm³/mol. The second kappa shape index (κ2) is 8.47. The molecule has 0 saturated carbocycles. The predicted octanol–water partition coefficient (Wildman–Crippen LogP) is 0.263. The van der Waals surface area contributed by atoms with Crippen molar-refractivity contribution in [2.24, 2.45) is 0 Å². The van der Waals surface area contributed by atoms with E-state index >= 15 is 0 Å². The van der Waals surface area contributed by atoms with Gasteiger partial charge >= 0.3 is 5.97 Å². The summed E-state index contributed by atoms with van der Waals surface area (Å²) < 4.78 is 37.2. The number of morpholine rings is 1. The molecule has 1 aromatic rings. The monoisotopic (exact) mass is 386 g/mol. The number of ether oxygens (including phenoxy) is 2. The molecule has 1 N–H and O–H groups in total. The lowest BCUT2D eigenvalue weighted by molar-refractivity contribution is -0.137. The van der Waals surface area contributed by atoms with Crippen molar-refractivity contribution in [1.29, 1.82) is 0 Å². The summed E-state index contributed by atoms with van der Waals surface area (Å²) in [6.07, 6.45) is 0. The highest BCUT2D eigenvalue weighted by Gasteiger charge is 2.29. The fourth-order valence-corrected chi connectivity index (χ4v) is 4.05. The van der Waals surface area contributed by atoms with Gasteiger partial charge in [-0.05, 0) is 25.1 Å².